The number of ether oxygens (including phenoxy) is 1. The van der Waals surface area contributed by atoms with Crippen LogP contribution < -0.4 is 10.1 Å². The van der Waals surface area contributed by atoms with Gasteiger partial charge in [0.25, 0.3) is 6.43 Å². The van der Waals surface area contributed by atoms with Crippen molar-refractivity contribution in [2.75, 3.05) is 0 Å². The highest BCUT2D eigenvalue weighted by molar-refractivity contribution is 5.65. The van der Waals surface area contributed by atoms with Crippen LogP contribution in [0.3, 0.4) is 0 Å². The van der Waals surface area contributed by atoms with Gasteiger partial charge in [-0.3, -0.25) is 0 Å². The summed E-state index contributed by atoms with van der Waals surface area (Å²) in [5.41, 5.74) is -0.697. The van der Waals surface area contributed by atoms with E-state index in [0.29, 0.717) is 12.8 Å². The Morgan fingerprint density at radius 2 is 2.11 bits per heavy atom. The van der Waals surface area contributed by atoms with Crippen LogP contribution in [-0.2, 0) is 0 Å². The summed E-state index contributed by atoms with van der Waals surface area (Å²) < 4.78 is 43.4. The molecule has 0 atom stereocenters. The Kier molecular flexibility index (Phi) is 3.82. The zero-order chi connectivity index (χ0) is 14.0. The second-order valence-corrected chi connectivity index (χ2v) is 4.34. The Bertz CT molecular complexity index is 475. The molecule has 2 N–H and O–H groups in total. The average Bonchev–Trinajstić information content (AvgIpc) is 2.27. The maximum atomic E-state index is 13.0. The van der Waals surface area contributed by atoms with E-state index in [1.165, 1.54) is 6.07 Å². The van der Waals surface area contributed by atoms with Crippen molar-refractivity contribution in [3.8, 4) is 5.75 Å². The van der Waals surface area contributed by atoms with Crippen molar-refractivity contribution in [1.29, 1.82) is 0 Å². The lowest BCUT2D eigenvalue weighted by molar-refractivity contribution is 0.0823. The highest BCUT2D eigenvalue weighted by Crippen LogP contribution is 2.30. The lowest BCUT2D eigenvalue weighted by atomic mass is 9.89. The number of carbonyl (C=O) groups is 1. The van der Waals surface area contributed by atoms with E-state index in [1.807, 2.05) is 0 Å². The maximum Gasteiger partial charge on any atom is 0.404 e. The van der Waals surface area contributed by atoms with Crippen molar-refractivity contribution in [3.63, 3.8) is 0 Å². The van der Waals surface area contributed by atoms with Gasteiger partial charge in [0.15, 0.2) is 0 Å². The normalized spacial score (nSPS) is 21.9. The fourth-order valence-electron chi connectivity index (χ4n) is 1.91. The Morgan fingerprint density at radius 3 is 2.68 bits per heavy atom. The molecule has 0 spiro atoms. The fourth-order valence-corrected chi connectivity index (χ4v) is 1.91. The summed E-state index contributed by atoms with van der Waals surface area (Å²) in [5, 5.41) is 10.8. The van der Waals surface area contributed by atoms with E-state index in [4.69, 9.17) is 9.84 Å². The standard InChI is InChI=1S/C12H12F3NO3/c13-10-2-1-7(5-9(10)11(14)15)19-8-3-6(4-8)16-12(17)18/h1-2,5-6,8,11,16H,3-4H2,(H,17,18). The molecule has 0 saturated heterocycles. The van der Waals surface area contributed by atoms with E-state index < -0.39 is 23.9 Å². The fraction of sp³-hybridized carbons (Fsp3) is 0.417. The molecule has 0 unspecified atom stereocenters. The highest BCUT2D eigenvalue weighted by Gasteiger charge is 2.32. The van der Waals surface area contributed by atoms with E-state index in [0.717, 1.165) is 12.1 Å². The average molecular weight is 275 g/mol. The summed E-state index contributed by atoms with van der Waals surface area (Å²) in [4.78, 5) is 10.3. The quantitative estimate of drug-likeness (QED) is 0.888. The predicted molar refractivity (Wildman–Crippen MR) is 60.0 cm³/mol. The van der Waals surface area contributed by atoms with Crippen LogP contribution in [0.15, 0.2) is 18.2 Å². The second-order valence-electron chi connectivity index (χ2n) is 4.34. The van der Waals surface area contributed by atoms with Crippen molar-refractivity contribution in [2.45, 2.75) is 31.4 Å². The lowest BCUT2D eigenvalue weighted by Gasteiger charge is -2.35. The number of benzene rings is 1. The van der Waals surface area contributed by atoms with E-state index in [1.54, 1.807) is 0 Å². The number of hydrogen-bond donors (Lipinski definition) is 2. The van der Waals surface area contributed by atoms with Crippen molar-refractivity contribution in [3.05, 3.63) is 29.6 Å². The van der Waals surface area contributed by atoms with Gasteiger partial charge in [-0.25, -0.2) is 18.0 Å². The van der Waals surface area contributed by atoms with Crippen LogP contribution in [0.25, 0.3) is 0 Å². The maximum absolute atomic E-state index is 13.0. The third-order valence-corrected chi connectivity index (χ3v) is 2.93. The summed E-state index contributed by atoms with van der Waals surface area (Å²) in [6.07, 6.45) is -3.31. The first-order valence-corrected chi connectivity index (χ1v) is 5.69. The van der Waals surface area contributed by atoms with Crippen LogP contribution in [0, 0.1) is 5.82 Å². The van der Waals surface area contributed by atoms with Crippen LogP contribution >= 0.6 is 0 Å². The third-order valence-electron chi connectivity index (χ3n) is 2.93. The number of halogens is 3. The molecule has 1 amide bonds. The van der Waals surface area contributed by atoms with Crippen molar-refractivity contribution in [2.24, 2.45) is 0 Å². The minimum Gasteiger partial charge on any atom is -0.490 e. The number of nitrogens with one attached hydrogen (secondary N) is 1. The van der Waals surface area contributed by atoms with Crippen molar-refractivity contribution >= 4 is 6.09 Å². The summed E-state index contributed by atoms with van der Waals surface area (Å²) >= 11 is 0. The molecule has 19 heavy (non-hydrogen) atoms. The minimum atomic E-state index is -2.90. The molecular formula is C12H12F3NO3. The smallest absolute Gasteiger partial charge is 0.404 e. The van der Waals surface area contributed by atoms with Crippen LogP contribution in [0.4, 0.5) is 18.0 Å². The molecule has 1 aliphatic carbocycles. The Labute approximate surface area is 107 Å². The Hall–Kier alpha value is -1.92. The van der Waals surface area contributed by atoms with Gasteiger partial charge in [-0.1, -0.05) is 0 Å². The van der Waals surface area contributed by atoms with Gasteiger partial charge in [-0.2, -0.15) is 0 Å². The van der Waals surface area contributed by atoms with E-state index in [-0.39, 0.29) is 17.9 Å². The summed E-state index contributed by atoms with van der Waals surface area (Å²) in [6.45, 7) is 0. The van der Waals surface area contributed by atoms with Gasteiger partial charge in [-0.05, 0) is 18.2 Å². The first-order chi connectivity index (χ1) is 8.95. The molecule has 0 aliphatic heterocycles. The monoisotopic (exact) mass is 275 g/mol. The molecule has 4 nitrogen and oxygen atoms in total. The zero-order valence-electron chi connectivity index (χ0n) is 9.78. The highest BCUT2D eigenvalue weighted by atomic mass is 19.3. The number of amides is 1. The number of alkyl halides is 2. The number of carboxylic acid groups (broad SMARTS) is 1. The molecule has 1 fully saturated rings. The van der Waals surface area contributed by atoms with Gasteiger partial charge < -0.3 is 15.2 Å². The molecule has 0 aromatic heterocycles. The van der Waals surface area contributed by atoms with Crippen LogP contribution in [0.5, 0.6) is 5.75 Å². The van der Waals surface area contributed by atoms with Crippen LogP contribution in [0.1, 0.15) is 24.8 Å². The molecule has 7 heteroatoms. The second kappa shape index (κ2) is 5.38. The molecule has 0 heterocycles. The first-order valence-electron chi connectivity index (χ1n) is 5.69. The van der Waals surface area contributed by atoms with Gasteiger partial charge in [0.05, 0.1) is 5.56 Å². The van der Waals surface area contributed by atoms with Gasteiger partial charge in [0.2, 0.25) is 0 Å². The lowest BCUT2D eigenvalue weighted by Crippen LogP contribution is -2.48. The molecule has 0 bridgehead atoms. The zero-order valence-corrected chi connectivity index (χ0v) is 9.78. The molecule has 1 aromatic rings. The Balaban J connectivity index is 1.91. The SMILES string of the molecule is O=C(O)NC1CC(Oc2ccc(F)c(C(F)F)c2)C1. The van der Waals surface area contributed by atoms with Crippen molar-refractivity contribution < 1.29 is 27.8 Å². The Morgan fingerprint density at radius 1 is 1.42 bits per heavy atom. The molecule has 104 valence electrons. The van der Waals surface area contributed by atoms with Gasteiger partial charge in [0.1, 0.15) is 17.7 Å². The predicted octanol–water partition coefficient (Wildman–Crippen LogP) is 2.94. The first kappa shape index (κ1) is 13.5. The molecular weight excluding hydrogens is 263 g/mol. The van der Waals surface area contributed by atoms with Gasteiger partial charge in [0, 0.05) is 18.9 Å². The summed E-state index contributed by atoms with van der Waals surface area (Å²) in [6, 6.07) is 3.00. The molecule has 2 rings (SSSR count). The number of rotatable bonds is 4. The minimum absolute atomic E-state index is 0.162. The summed E-state index contributed by atoms with van der Waals surface area (Å²) in [7, 11) is 0. The van der Waals surface area contributed by atoms with Crippen molar-refractivity contribution in [1.82, 2.24) is 5.32 Å². The third kappa shape index (κ3) is 3.30. The topological polar surface area (TPSA) is 58.6 Å². The van der Waals surface area contributed by atoms with Crippen LogP contribution in [-0.4, -0.2) is 23.3 Å². The van der Waals surface area contributed by atoms with Crippen LogP contribution in [0.2, 0.25) is 0 Å². The molecule has 1 aliphatic rings. The van der Waals surface area contributed by atoms with E-state index in [2.05, 4.69) is 5.32 Å². The van der Waals surface area contributed by atoms with E-state index >= 15 is 0 Å². The van der Waals surface area contributed by atoms with Gasteiger partial charge in [-0.15, -0.1) is 0 Å². The summed E-state index contributed by atoms with van der Waals surface area (Å²) in [5.74, 6) is -0.808. The molecule has 1 aromatic carbocycles. The number of hydrogen-bond acceptors (Lipinski definition) is 2. The van der Waals surface area contributed by atoms with E-state index in [9.17, 15) is 18.0 Å². The molecule has 0 radical (unpaired) electrons. The molecule has 1 saturated carbocycles. The van der Waals surface area contributed by atoms with Gasteiger partial charge >= 0.3 is 6.09 Å². The largest absolute Gasteiger partial charge is 0.490 e.